The highest BCUT2D eigenvalue weighted by Gasteiger charge is 2.22. The number of amides is 1. The van der Waals surface area contributed by atoms with Crippen LogP contribution in [0.2, 0.25) is 0 Å². The number of carbonyl (C=O) groups is 1. The molecule has 2 aromatic rings. The van der Waals surface area contributed by atoms with Crippen LogP contribution in [0.4, 0.5) is 11.4 Å². The number of nitrogens with two attached hydrogens (primary N) is 1. The highest BCUT2D eigenvalue weighted by atomic mass is 79.9. The Kier molecular flexibility index (Phi) is 6.96. The molecule has 2 N–H and O–H groups in total. The molecule has 0 bridgehead atoms. The average molecular weight is 473 g/mol. The van der Waals surface area contributed by atoms with Crippen molar-refractivity contribution in [3.05, 3.63) is 73.8 Å². The van der Waals surface area contributed by atoms with Crippen molar-refractivity contribution in [1.82, 2.24) is 5.06 Å². The lowest BCUT2D eigenvalue weighted by atomic mass is 10.1. The predicted molar refractivity (Wildman–Crippen MR) is 118 cm³/mol. The zero-order chi connectivity index (χ0) is 21.7. The van der Waals surface area contributed by atoms with Crippen molar-refractivity contribution in [2.45, 2.75) is 26.4 Å². The van der Waals surface area contributed by atoms with Gasteiger partial charge in [0.1, 0.15) is 12.4 Å². The second-order valence-electron chi connectivity index (χ2n) is 6.76. The number of halogens is 1. The molecule has 0 radical (unpaired) electrons. The van der Waals surface area contributed by atoms with Crippen LogP contribution in [0.3, 0.4) is 0 Å². The summed E-state index contributed by atoms with van der Waals surface area (Å²) in [5.41, 5.74) is 8.54. The number of nitro groups is 1. The lowest BCUT2D eigenvalue weighted by Gasteiger charge is -2.22. The van der Waals surface area contributed by atoms with E-state index < -0.39 is 4.92 Å². The second kappa shape index (κ2) is 9.64. The Bertz CT molecular complexity index is 1040. The number of hydrogen-bond donors (Lipinski definition) is 1. The standard InChI is InChI=1S/C21H21BrN4O4/c1-2-8-25(30-13-14-4-3-5-18(9-14)26(28)29)21(27)16-10-15-6-7-17(22)12-19(15)24-20(23)11-16/h3-7,9-10,12H,2,8,11,13H2,1H3,(H2,23,24). The molecule has 8 nitrogen and oxygen atoms in total. The predicted octanol–water partition coefficient (Wildman–Crippen LogP) is 4.50. The number of nitro benzene ring substituents is 1. The van der Waals surface area contributed by atoms with E-state index in [1.165, 1.54) is 17.2 Å². The van der Waals surface area contributed by atoms with E-state index in [-0.39, 0.29) is 24.6 Å². The number of non-ortho nitro benzene ring substituents is 1. The maximum atomic E-state index is 13.2. The van der Waals surface area contributed by atoms with Crippen LogP contribution in [0.1, 0.15) is 30.9 Å². The van der Waals surface area contributed by atoms with Gasteiger partial charge in [0.05, 0.1) is 10.6 Å². The van der Waals surface area contributed by atoms with Crippen molar-refractivity contribution in [3.63, 3.8) is 0 Å². The van der Waals surface area contributed by atoms with Crippen molar-refractivity contribution in [3.8, 4) is 0 Å². The molecule has 0 fully saturated rings. The summed E-state index contributed by atoms with van der Waals surface area (Å²) in [4.78, 5) is 33.8. The molecular weight excluding hydrogens is 452 g/mol. The first kappa shape index (κ1) is 21.7. The molecule has 1 amide bonds. The number of benzene rings is 2. The van der Waals surface area contributed by atoms with E-state index in [4.69, 9.17) is 10.6 Å². The van der Waals surface area contributed by atoms with E-state index >= 15 is 0 Å². The number of fused-ring (bicyclic) bond motifs is 1. The van der Waals surface area contributed by atoms with Gasteiger partial charge in [-0.25, -0.2) is 10.1 Å². The number of hydroxylamine groups is 2. The topological polar surface area (TPSA) is 111 Å². The summed E-state index contributed by atoms with van der Waals surface area (Å²) < 4.78 is 0.869. The maximum absolute atomic E-state index is 13.2. The second-order valence-corrected chi connectivity index (χ2v) is 7.68. The van der Waals surface area contributed by atoms with E-state index in [1.54, 1.807) is 18.2 Å². The first-order valence-corrected chi connectivity index (χ1v) is 10.2. The van der Waals surface area contributed by atoms with Crippen molar-refractivity contribution in [1.29, 1.82) is 0 Å². The summed E-state index contributed by atoms with van der Waals surface area (Å²) in [7, 11) is 0. The normalized spacial score (nSPS) is 13.0. The molecule has 0 atom stereocenters. The van der Waals surface area contributed by atoms with Gasteiger partial charge in [-0.2, -0.15) is 0 Å². The van der Waals surface area contributed by atoms with Crippen LogP contribution in [0.15, 0.2) is 57.5 Å². The first-order valence-electron chi connectivity index (χ1n) is 9.38. The van der Waals surface area contributed by atoms with Crippen LogP contribution < -0.4 is 5.73 Å². The van der Waals surface area contributed by atoms with Crippen molar-refractivity contribution >= 4 is 45.1 Å². The lowest BCUT2D eigenvalue weighted by Crippen LogP contribution is -2.34. The van der Waals surface area contributed by atoms with E-state index in [9.17, 15) is 14.9 Å². The Hall–Kier alpha value is -3.04. The molecule has 30 heavy (non-hydrogen) atoms. The van der Waals surface area contributed by atoms with E-state index in [0.717, 1.165) is 10.0 Å². The Morgan fingerprint density at radius 1 is 1.33 bits per heavy atom. The zero-order valence-corrected chi connectivity index (χ0v) is 18.0. The van der Waals surface area contributed by atoms with Gasteiger partial charge in [0.2, 0.25) is 0 Å². The maximum Gasteiger partial charge on any atom is 0.273 e. The van der Waals surface area contributed by atoms with Crippen LogP contribution in [0.5, 0.6) is 0 Å². The van der Waals surface area contributed by atoms with Gasteiger partial charge >= 0.3 is 0 Å². The Morgan fingerprint density at radius 2 is 2.13 bits per heavy atom. The van der Waals surface area contributed by atoms with Gasteiger partial charge in [0, 0.05) is 40.7 Å². The molecule has 0 aliphatic carbocycles. The van der Waals surface area contributed by atoms with Crippen LogP contribution >= 0.6 is 15.9 Å². The minimum Gasteiger partial charge on any atom is -0.387 e. The molecule has 0 spiro atoms. The van der Waals surface area contributed by atoms with Crippen LogP contribution in [0.25, 0.3) is 6.08 Å². The van der Waals surface area contributed by atoms with Crippen molar-refractivity contribution in [2.75, 3.05) is 6.54 Å². The molecule has 2 aromatic carbocycles. The summed E-state index contributed by atoms with van der Waals surface area (Å²) in [5.74, 6) is 0.0257. The summed E-state index contributed by atoms with van der Waals surface area (Å²) in [6.07, 6.45) is 2.65. The molecule has 156 valence electrons. The zero-order valence-electron chi connectivity index (χ0n) is 16.4. The SMILES string of the molecule is CCCN(OCc1cccc([N+](=O)[O-])c1)C(=O)C1=Cc2ccc(Br)cc2N=C(N)C1. The van der Waals surface area contributed by atoms with Crippen molar-refractivity contribution < 1.29 is 14.6 Å². The quantitative estimate of drug-likeness (QED) is 0.470. The Morgan fingerprint density at radius 3 is 2.87 bits per heavy atom. The molecular formula is C21H21BrN4O4. The van der Waals surface area contributed by atoms with E-state index in [0.29, 0.717) is 35.6 Å². The fourth-order valence-corrected chi connectivity index (χ4v) is 3.35. The minimum absolute atomic E-state index is 0.0253. The smallest absolute Gasteiger partial charge is 0.273 e. The molecule has 0 unspecified atom stereocenters. The summed E-state index contributed by atoms with van der Waals surface area (Å²) in [6, 6.07) is 11.7. The molecule has 0 saturated carbocycles. The third kappa shape index (κ3) is 5.31. The van der Waals surface area contributed by atoms with Gasteiger partial charge in [0.25, 0.3) is 11.6 Å². The number of hydrogen-bond acceptors (Lipinski definition) is 6. The minimum atomic E-state index is -0.466. The van der Waals surface area contributed by atoms with Crippen LogP contribution in [0, 0.1) is 10.1 Å². The molecule has 1 heterocycles. The number of aliphatic imine (C=N–C) groups is 1. The largest absolute Gasteiger partial charge is 0.387 e. The fraction of sp³-hybridized carbons (Fsp3) is 0.238. The third-order valence-electron chi connectivity index (χ3n) is 4.39. The van der Waals surface area contributed by atoms with Gasteiger partial charge < -0.3 is 5.73 Å². The fourth-order valence-electron chi connectivity index (χ4n) is 3.00. The highest BCUT2D eigenvalue weighted by molar-refractivity contribution is 9.10. The van der Waals surface area contributed by atoms with Crippen LogP contribution in [-0.4, -0.2) is 28.3 Å². The monoisotopic (exact) mass is 472 g/mol. The summed E-state index contributed by atoms with van der Waals surface area (Å²) in [5, 5.41) is 12.2. The first-order chi connectivity index (χ1) is 14.4. The molecule has 3 rings (SSSR count). The lowest BCUT2D eigenvalue weighted by molar-refractivity contribution is -0.385. The molecule has 0 aromatic heterocycles. The number of amidine groups is 1. The third-order valence-corrected chi connectivity index (χ3v) is 4.89. The van der Waals surface area contributed by atoms with Gasteiger partial charge in [0.15, 0.2) is 0 Å². The summed E-state index contributed by atoms with van der Waals surface area (Å²) >= 11 is 3.41. The van der Waals surface area contributed by atoms with Gasteiger partial charge in [-0.3, -0.25) is 19.7 Å². The van der Waals surface area contributed by atoms with Crippen molar-refractivity contribution in [2.24, 2.45) is 10.7 Å². The Labute approximate surface area is 182 Å². The highest BCUT2D eigenvalue weighted by Crippen LogP contribution is 2.30. The molecule has 1 aliphatic heterocycles. The van der Waals surface area contributed by atoms with Gasteiger partial charge in [-0.1, -0.05) is 41.1 Å². The average Bonchev–Trinajstić information content (AvgIpc) is 2.88. The number of nitrogens with zero attached hydrogens (tertiary/aromatic N) is 3. The summed E-state index contributed by atoms with van der Waals surface area (Å²) in [6.45, 7) is 2.34. The van der Waals surface area contributed by atoms with Gasteiger partial charge in [-0.15, -0.1) is 0 Å². The van der Waals surface area contributed by atoms with Gasteiger partial charge in [-0.05, 0) is 30.2 Å². The molecule has 1 aliphatic rings. The molecule has 9 heteroatoms. The van der Waals surface area contributed by atoms with E-state index in [2.05, 4.69) is 20.9 Å². The van der Waals surface area contributed by atoms with E-state index in [1.807, 2.05) is 25.1 Å². The number of carbonyl (C=O) groups excluding carboxylic acids is 1. The Balaban J connectivity index is 1.81. The van der Waals surface area contributed by atoms with Crippen LogP contribution in [-0.2, 0) is 16.2 Å². The number of rotatable bonds is 7. The molecule has 0 saturated heterocycles.